The first kappa shape index (κ1) is 9.41. The smallest absolute Gasteiger partial charge is 0.0110 e. The van der Waals surface area contributed by atoms with Crippen LogP contribution in [0.15, 0.2) is 24.3 Å². The Kier molecular flexibility index (Phi) is 2.28. The summed E-state index contributed by atoms with van der Waals surface area (Å²) < 4.78 is 0. The quantitative estimate of drug-likeness (QED) is 0.793. The molecule has 0 saturated heterocycles. The largest absolute Gasteiger partial charge is 0.314 e. The third-order valence-corrected chi connectivity index (χ3v) is 4.11. The molecule has 2 aliphatic carbocycles. The number of nitrogens with one attached hydrogen (secondary N) is 1. The molecule has 1 nitrogen and oxygen atoms in total. The van der Waals surface area contributed by atoms with E-state index in [0.29, 0.717) is 0 Å². The average molecular weight is 201 g/mol. The molecule has 0 aromatic heterocycles. The SMILES string of the molecule is CCCNC1CC2c3ccccc3CC12. The molecule has 80 valence electrons. The fourth-order valence-electron chi connectivity index (χ4n) is 3.25. The number of fused-ring (bicyclic) bond motifs is 3. The highest BCUT2D eigenvalue weighted by atomic mass is 14.9. The number of hydrogen-bond acceptors (Lipinski definition) is 1. The van der Waals surface area contributed by atoms with Crippen LogP contribution in [0, 0.1) is 5.92 Å². The van der Waals surface area contributed by atoms with Crippen molar-refractivity contribution >= 4 is 0 Å². The van der Waals surface area contributed by atoms with E-state index >= 15 is 0 Å². The monoisotopic (exact) mass is 201 g/mol. The van der Waals surface area contributed by atoms with Crippen LogP contribution in [0.5, 0.6) is 0 Å². The summed E-state index contributed by atoms with van der Waals surface area (Å²) in [6.45, 7) is 3.43. The van der Waals surface area contributed by atoms with Crippen LogP contribution < -0.4 is 5.32 Å². The van der Waals surface area contributed by atoms with Crippen LogP contribution in [0.3, 0.4) is 0 Å². The summed E-state index contributed by atoms with van der Waals surface area (Å²) in [6, 6.07) is 9.80. The lowest BCUT2D eigenvalue weighted by molar-refractivity contribution is 0.184. The first-order chi connectivity index (χ1) is 7.40. The van der Waals surface area contributed by atoms with E-state index in [1.165, 1.54) is 25.8 Å². The van der Waals surface area contributed by atoms with Gasteiger partial charge in [-0.05, 0) is 48.8 Å². The third-order valence-electron chi connectivity index (χ3n) is 4.11. The van der Waals surface area contributed by atoms with E-state index in [0.717, 1.165) is 17.9 Å². The van der Waals surface area contributed by atoms with Crippen LogP contribution in [-0.2, 0) is 6.42 Å². The van der Waals surface area contributed by atoms with Gasteiger partial charge in [0.25, 0.3) is 0 Å². The normalized spacial score (nSPS) is 31.9. The summed E-state index contributed by atoms with van der Waals surface area (Å²) in [6.07, 6.45) is 3.92. The van der Waals surface area contributed by atoms with E-state index in [1.807, 2.05) is 0 Å². The molecule has 1 aromatic carbocycles. The molecule has 1 fully saturated rings. The second-order valence-electron chi connectivity index (χ2n) is 4.97. The van der Waals surface area contributed by atoms with Crippen molar-refractivity contribution in [3.8, 4) is 0 Å². The molecule has 3 rings (SSSR count). The second-order valence-corrected chi connectivity index (χ2v) is 4.97. The Morgan fingerprint density at radius 2 is 2.20 bits per heavy atom. The Labute approximate surface area is 91.9 Å². The topological polar surface area (TPSA) is 12.0 Å². The maximum Gasteiger partial charge on any atom is 0.0110 e. The Morgan fingerprint density at radius 3 is 3.07 bits per heavy atom. The maximum absolute atomic E-state index is 3.68. The average Bonchev–Trinajstić information content (AvgIpc) is 2.53. The Balaban J connectivity index is 1.71. The minimum atomic E-state index is 0.794. The van der Waals surface area contributed by atoms with Gasteiger partial charge in [-0.15, -0.1) is 0 Å². The van der Waals surface area contributed by atoms with Crippen molar-refractivity contribution in [2.24, 2.45) is 5.92 Å². The van der Waals surface area contributed by atoms with Gasteiger partial charge in [0, 0.05) is 6.04 Å². The standard InChI is InChI=1S/C14H19N/c1-2-7-15-14-9-12-11-6-4-3-5-10(11)8-13(12)14/h3-6,12-15H,2,7-9H2,1H3. The Morgan fingerprint density at radius 1 is 1.33 bits per heavy atom. The summed E-state index contributed by atoms with van der Waals surface area (Å²) in [7, 11) is 0. The molecule has 0 bridgehead atoms. The summed E-state index contributed by atoms with van der Waals surface area (Å²) in [5.41, 5.74) is 3.24. The molecule has 0 heterocycles. The first-order valence-corrected chi connectivity index (χ1v) is 6.21. The van der Waals surface area contributed by atoms with Crippen molar-refractivity contribution in [3.05, 3.63) is 35.4 Å². The fraction of sp³-hybridized carbons (Fsp3) is 0.571. The maximum atomic E-state index is 3.68. The number of benzene rings is 1. The van der Waals surface area contributed by atoms with Crippen LogP contribution in [0.2, 0.25) is 0 Å². The zero-order valence-corrected chi connectivity index (χ0v) is 9.37. The van der Waals surface area contributed by atoms with E-state index in [2.05, 4.69) is 36.5 Å². The van der Waals surface area contributed by atoms with E-state index in [1.54, 1.807) is 11.1 Å². The lowest BCUT2D eigenvalue weighted by atomic mass is 9.70. The molecule has 1 saturated carbocycles. The molecule has 0 amide bonds. The molecule has 0 spiro atoms. The fourth-order valence-corrected chi connectivity index (χ4v) is 3.25. The molecule has 15 heavy (non-hydrogen) atoms. The summed E-state index contributed by atoms with van der Waals surface area (Å²) in [4.78, 5) is 0. The molecule has 0 radical (unpaired) electrons. The molecule has 2 aliphatic rings. The molecule has 3 atom stereocenters. The van der Waals surface area contributed by atoms with Gasteiger partial charge in [-0.3, -0.25) is 0 Å². The second kappa shape index (κ2) is 3.64. The van der Waals surface area contributed by atoms with Crippen molar-refractivity contribution < 1.29 is 0 Å². The van der Waals surface area contributed by atoms with Crippen LogP contribution in [0.4, 0.5) is 0 Å². The highest BCUT2D eigenvalue weighted by Gasteiger charge is 2.45. The van der Waals surface area contributed by atoms with Gasteiger partial charge in [-0.25, -0.2) is 0 Å². The molecule has 3 unspecified atom stereocenters. The zero-order valence-electron chi connectivity index (χ0n) is 9.37. The molecule has 0 aliphatic heterocycles. The Bertz CT molecular complexity index is 358. The lowest BCUT2D eigenvalue weighted by Crippen LogP contribution is -2.47. The van der Waals surface area contributed by atoms with Crippen molar-refractivity contribution in [2.75, 3.05) is 6.54 Å². The van der Waals surface area contributed by atoms with Crippen LogP contribution >= 0.6 is 0 Å². The van der Waals surface area contributed by atoms with E-state index in [4.69, 9.17) is 0 Å². The van der Waals surface area contributed by atoms with Gasteiger partial charge >= 0.3 is 0 Å². The van der Waals surface area contributed by atoms with Crippen LogP contribution in [0.25, 0.3) is 0 Å². The molecular formula is C14H19N. The van der Waals surface area contributed by atoms with E-state index in [9.17, 15) is 0 Å². The van der Waals surface area contributed by atoms with E-state index in [-0.39, 0.29) is 0 Å². The van der Waals surface area contributed by atoms with Crippen molar-refractivity contribution in [2.45, 2.75) is 38.1 Å². The third kappa shape index (κ3) is 1.41. The Hall–Kier alpha value is -0.820. The van der Waals surface area contributed by atoms with Crippen molar-refractivity contribution in [1.82, 2.24) is 5.32 Å². The predicted molar refractivity (Wildman–Crippen MR) is 63.1 cm³/mol. The van der Waals surface area contributed by atoms with Gasteiger partial charge in [-0.2, -0.15) is 0 Å². The summed E-state index contributed by atoms with van der Waals surface area (Å²) in [5.74, 6) is 1.77. The van der Waals surface area contributed by atoms with Crippen LogP contribution in [0.1, 0.15) is 36.8 Å². The van der Waals surface area contributed by atoms with Gasteiger partial charge < -0.3 is 5.32 Å². The van der Waals surface area contributed by atoms with Gasteiger partial charge in [0.1, 0.15) is 0 Å². The van der Waals surface area contributed by atoms with E-state index < -0.39 is 0 Å². The van der Waals surface area contributed by atoms with Gasteiger partial charge in [-0.1, -0.05) is 31.2 Å². The molecule has 1 heteroatoms. The van der Waals surface area contributed by atoms with Gasteiger partial charge in [0.15, 0.2) is 0 Å². The van der Waals surface area contributed by atoms with Gasteiger partial charge in [0.05, 0.1) is 0 Å². The lowest BCUT2D eigenvalue weighted by Gasteiger charge is -2.41. The molecular weight excluding hydrogens is 182 g/mol. The highest BCUT2D eigenvalue weighted by Crippen LogP contribution is 2.50. The van der Waals surface area contributed by atoms with Crippen molar-refractivity contribution in [1.29, 1.82) is 0 Å². The summed E-state index contributed by atoms with van der Waals surface area (Å²) in [5, 5.41) is 3.68. The van der Waals surface area contributed by atoms with Crippen molar-refractivity contribution in [3.63, 3.8) is 0 Å². The summed E-state index contributed by atoms with van der Waals surface area (Å²) >= 11 is 0. The predicted octanol–water partition coefficient (Wildman–Crippen LogP) is 2.71. The number of hydrogen-bond donors (Lipinski definition) is 1. The minimum Gasteiger partial charge on any atom is -0.314 e. The number of rotatable bonds is 3. The van der Waals surface area contributed by atoms with Gasteiger partial charge in [0.2, 0.25) is 0 Å². The van der Waals surface area contributed by atoms with Crippen LogP contribution in [-0.4, -0.2) is 12.6 Å². The molecule has 1 N–H and O–H groups in total. The highest BCUT2D eigenvalue weighted by molar-refractivity contribution is 5.39. The molecule has 1 aromatic rings. The first-order valence-electron chi connectivity index (χ1n) is 6.21. The zero-order chi connectivity index (χ0) is 10.3. The minimum absolute atomic E-state index is 0.794.